The van der Waals surface area contributed by atoms with Gasteiger partial charge in [0.15, 0.2) is 13.2 Å². The predicted octanol–water partition coefficient (Wildman–Crippen LogP) is 6.03. The Morgan fingerprint density at radius 3 is 1.97 bits per heavy atom. The molecule has 2 amide bonds. The summed E-state index contributed by atoms with van der Waals surface area (Å²) in [5.41, 5.74) is 5.48. The molecular weight excluding hydrogens is 620 g/mol. The molecule has 3 aromatic rings. The number of carbonyl (C=O) groups is 2. The molecule has 2 N–H and O–H groups in total. The second kappa shape index (κ2) is 10.9. The van der Waals surface area contributed by atoms with Gasteiger partial charge in [-0.1, -0.05) is 64.8 Å². The third-order valence-corrected chi connectivity index (χ3v) is 6.49. The van der Waals surface area contributed by atoms with E-state index in [1.165, 1.54) is 0 Å². The molecule has 0 saturated heterocycles. The van der Waals surface area contributed by atoms with Crippen molar-refractivity contribution in [1.82, 2.24) is 10.9 Å². The van der Waals surface area contributed by atoms with Gasteiger partial charge in [0.25, 0.3) is 11.8 Å². The summed E-state index contributed by atoms with van der Waals surface area (Å²) in [6.07, 6.45) is 0. The van der Waals surface area contributed by atoms with Crippen molar-refractivity contribution < 1.29 is 19.1 Å². The minimum Gasteiger partial charge on any atom is -0.483 e. The number of amides is 2. The fraction of sp³-hybridized carbons (Fsp3) is 0.250. The van der Waals surface area contributed by atoms with E-state index in [9.17, 15) is 9.59 Å². The number of fused-ring (bicyclic) bond motifs is 1. The van der Waals surface area contributed by atoms with Gasteiger partial charge in [0.2, 0.25) is 0 Å². The highest BCUT2D eigenvalue weighted by molar-refractivity contribution is 9.11. The van der Waals surface area contributed by atoms with Gasteiger partial charge in [-0.25, -0.2) is 0 Å². The molecule has 174 valence electrons. The van der Waals surface area contributed by atoms with Gasteiger partial charge in [-0.2, -0.15) is 0 Å². The van der Waals surface area contributed by atoms with Crippen LogP contribution in [0.25, 0.3) is 10.8 Å². The summed E-state index contributed by atoms with van der Waals surface area (Å²) in [7, 11) is 0. The summed E-state index contributed by atoms with van der Waals surface area (Å²) in [6, 6.07) is 15.2. The van der Waals surface area contributed by atoms with Gasteiger partial charge in [-0.05, 0) is 68.5 Å². The molecule has 0 spiro atoms. The average molecular weight is 643 g/mol. The molecule has 3 aromatic carbocycles. The van der Waals surface area contributed by atoms with E-state index >= 15 is 0 Å². The van der Waals surface area contributed by atoms with Gasteiger partial charge in [-0.15, -0.1) is 0 Å². The second-order valence-electron chi connectivity index (χ2n) is 8.31. The van der Waals surface area contributed by atoms with Crippen molar-refractivity contribution in [3.05, 3.63) is 67.5 Å². The molecule has 0 aliphatic rings. The first kappa shape index (κ1) is 25.5. The summed E-state index contributed by atoms with van der Waals surface area (Å²) < 4.78 is 13.9. The number of halogens is 3. The molecule has 0 aliphatic heterocycles. The molecule has 0 fully saturated rings. The summed E-state index contributed by atoms with van der Waals surface area (Å²) in [6.45, 7) is 5.69. The number of nitrogens with one attached hydrogen (secondary N) is 2. The zero-order valence-electron chi connectivity index (χ0n) is 18.3. The van der Waals surface area contributed by atoms with Crippen molar-refractivity contribution >= 4 is 70.4 Å². The lowest BCUT2D eigenvalue weighted by molar-refractivity contribution is -0.131. The Balaban J connectivity index is 1.50. The highest BCUT2D eigenvalue weighted by atomic mass is 79.9. The van der Waals surface area contributed by atoms with Gasteiger partial charge in [0.1, 0.15) is 11.5 Å². The maximum Gasteiger partial charge on any atom is 0.276 e. The first-order valence-electron chi connectivity index (χ1n) is 10.1. The zero-order chi connectivity index (χ0) is 24.2. The first-order chi connectivity index (χ1) is 15.5. The van der Waals surface area contributed by atoms with Crippen LogP contribution in [0.3, 0.4) is 0 Å². The quantitative estimate of drug-likeness (QED) is 0.322. The maximum absolute atomic E-state index is 12.1. The van der Waals surface area contributed by atoms with Crippen LogP contribution in [0.4, 0.5) is 0 Å². The summed E-state index contributed by atoms with van der Waals surface area (Å²) in [4.78, 5) is 24.3. The van der Waals surface area contributed by atoms with E-state index in [1.54, 1.807) is 6.07 Å². The summed E-state index contributed by atoms with van der Waals surface area (Å²) in [5.74, 6) is 0.164. The minimum atomic E-state index is -0.495. The van der Waals surface area contributed by atoms with Crippen LogP contribution in [0.15, 0.2) is 61.9 Å². The molecule has 0 atom stereocenters. The van der Waals surface area contributed by atoms with Crippen molar-refractivity contribution in [2.75, 3.05) is 13.2 Å². The SMILES string of the molecule is CC(C)(C)c1cc(Br)ccc1OCC(=O)NNC(=O)COc1ccc2cc(Br)ccc2c1Br. The number of benzene rings is 3. The van der Waals surface area contributed by atoms with Gasteiger partial charge in [-0.3, -0.25) is 20.4 Å². The third-order valence-electron chi connectivity index (χ3n) is 4.69. The Labute approximate surface area is 217 Å². The molecular formula is C24H23Br3N2O4. The molecule has 0 aliphatic carbocycles. The van der Waals surface area contributed by atoms with Crippen LogP contribution >= 0.6 is 47.8 Å². The van der Waals surface area contributed by atoms with E-state index in [-0.39, 0.29) is 18.6 Å². The smallest absolute Gasteiger partial charge is 0.276 e. The fourth-order valence-corrected chi connectivity index (χ4v) is 4.41. The van der Waals surface area contributed by atoms with E-state index in [0.29, 0.717) is 11.5 Å². The van der Waals surface area contributed by atoms with Crippen LogP contribution in [-0.2, 0) is 15.0 Å². The second-order valence-corrected chi connectivity index (χ2v) is 10.9. The Kier molecular flexibility index (Phi) is 8.42. The van der Waals surface area contributed by atoms with Crippen LogP contribution in [-0.4, -0.2) is 25.0 Å². The molecule has 0 bridgehead atoms. The standard InChI is InChI=1S/C24H23Br3N2O4/c1-24(2,3)18-11-16(26)6-9-19(18)32-12-21(30)28-29-22(31)13-33-20-8-4-14-10-15(25)5-7-17(14)23(20)27/h4-11H,12-13H2,1-3H3,(H,28,30)(H,29,31). The normalized spacial score (nSPS) is 11.2. The van der Waals surface area contributed by atoms with Crippen LogP contribution in [0.1, 0.15) is 26.3 Å². The summed E-state index contributed by atoms with van der Waals surface area (Å²) in [5, 5.41) is 1.99. The van der Waals surface area contributed by atoms with Crippen LogP contribution < -0.4 is 20.3 Å². The van der Waals surface area contributed by atoms with Gasteiger partial charge in [0, 0.05) is 14.5 Å². The number of carbonyl (C=O) groups excluding carboxylic acids is 2. The Hall–Kier alpha value is -2.10. The summed E-state index contributed by atoms with van der Waals surface area (Å²) >= 11 is 10.4. The fourth-order valence-electron chi connectivity index (χ4n) is 3.07. The lowest BCUT2D eigenvalue weighted by Gasteiger charge is -2.23. The monoisotopic (exact) mass is 640 g/mol. The van der Waals surface area contributed by atoms with Gasteiger partial charge >= 0.3 is 0 Å². The van der Waals surface area contributed by atoms with Crippen molar-refractivity contribution in [1.29, 1.82) is 0 Å². The van der Waals surface area contributed by atoms with Crippen molar-refractivity contribution in [3.8, 4) is 11.5 Å². The Morgan fingerprint density at radius 1 is 0.788 bits per heavy atom. The van der Waals surface area contributed by atoms with E-state index in [4.69, 9.17) is 9.47 Å². The third kappa shape index (κ3) is 6.94. The number of ether oxygens (including phenoxy) is 2. The molecule has 33 heavy (non-hydrogen) atoms. The van der Waals surface area contributed by atoms with Gasteiger partial charge < -0.3 is 9.47 Å². The largest absolute Gasteiger partial charge is 0.483 e. The van der Waals surface area contributed by atoms with Gasteiger partial charge in [0.05, 0.1) is 4.47 Å². The highest BCUT2D eigenvalue weighted by Crippen LogP contribution is 2.35. The van der Waals surface area contributed by atoms with Crippen molar-refractivity contribution in [3.63, 3.8) is 0 Å². The molecule has 0 saturated carbocycles. The zero-order valence-corrected chi connectivity index (χ0v) is 23.1. The minimum absolute atomic E-state index is 0.158. The van der Waals surface area contributed by atoms with E-state index in [1.807, 2.05) is 42.5 Å². The Morgan fingerprint density at radius 2 is 1.33 bits per heavy atom. The average Bonchev–Trinajstić information content (AvgIpc) is 2.75. The van der Waals surface area contributed by atoms with Crippen molar-refractivity contribution in [2.24, 2.45) is 0 Å². The van der Waals surface area contributed by atoms with Crippen LogP contribution in [0.5, 0.6) is 11.5 Å². The van der Waals surface area contributed by atoms with Crippen molar-refractivity contribution in [2.45, 2.75) is 26.2 Å². The molecule has 0 unspecified atom stereocenters. The lowest BCUT2D eigenvalue weighted by Crippen LogP contribution is -2.45. The van der Waals surface area contributed by atoms with E-state index < -0.39 is 11.8 Å². The van der Waals surface area contributed by atoms with E-state index in [2.05, 4.69) is 79.4 Å². The van der Waals surface area contributed by atoms with Crippen LogP contribution in [0.2, 0.25) is 0 Å². The molecule has 0 heterocycles. The molecule has 9 heteroatoms. The van der Waals surface area contributed by atoms with E-state index in [0.717, 1.165) is 29.8 Å². The maximum atomic E-state index is 12.1. The number of hydrazine groups is 1. The molecule has 6 nitrogen and oxygen atoms in total. The predicted molar refractivity (Wildman–Crippen MR) is 139 cm³/mol. The number of hydrogen-bond acceptors (Lipinski definition) is 4. The number of hydrogen-bond donors (Lipinski definition) is 2. The lowest BCUT2D eigenvalue weighted by atomic mass is 9.86. The first-order valence-corrected chi connectivity index (χ1v) is 12.4. The topological polar surface area (TPSA) is 76.7 Å². The molecule has 3 rings (SSSR count). The molecule has 0 radical (unpaired) electrons. The highest BCUT2D eigenvalue weighted by Gasteiger charge is 2.20. The number of rotatable bonds is 6. The molecule has 0 aromatic heterocycles. The van der Waals surface area contributed by atoms with Crippen LogP contribution in [0, 0.1) is 0 Å². The Bertz CT molecular complexity index is 1190.